The van der Waals surface area contributed by atoms with Crippen molar-refractivity contribution in [3.8, 4) is 0 Å². The Morgan fingerprint density at radius 3 is 2.09 bits per heavy atom. The van der Waals surface area contributed by atoms with Crippen molar-refractivity contribution in [1.29, 1.82) is 0 Å². The Balaban J connectivity index is 2.31. The molecule has 0 saturated heterocycles. The highest BCUT2D eigenvalue weighted by molar-refractivity contribution is 7.94. The van der Waals surface area contributed by atoms with Crippen LogP contribution in [0.25, 0.3) is 5.03 Å². The zero-order valence-electron chi connectivity index (χ0n) is 11.7. The van der Waals surface area contributed by atoms with Gasteiger partial charge in [-0.15, -0.1) is 0 Å². The highest BCUT2D eigenvalue weighted by atomic mass is 35.5. The van der Waals surface area contributed by atoms with E-state index in [1.54, 1.807) is 30.3 Å². The lowest BCUT2D eigenvalue weighted by Crippen LogP contribution is -2.00. The third-order valence-corrected chi connectivity index (χ3v) is 4.84. The number of esters is 1. The van der Waals surface area contributed by atoms with Gasteiger partial charge in [-0.1, -0.05) is 41.9 Å². The highest BCUT2D eigenvalue weighted by Gasteiger charge is 2.13. The summed E-state index contributed by atoms with van der Waals surface area (Å²) < 4.78 is 29.0. The van der Waals surface area contributed by atoms with Crippen LogP contribution in [-0.4, -0.2) is 21.5 Å². The van der Waals surface area contributed by atoms with Crippen LogP contribution in [-0.2, 0) is 14.6 Å². The van der Waals surface area contributed by atoms with E-state index in [4.69, 9.17) is 11.6 Å². The Bertz CT molecular complexity index is 794. The zero-order valence-corrected chi connectivity index (χ0v) is 13.3. The number of rotatable bonds is 4. The third kappa shape index (κ3) is 3.75. The van der Waals surface area contributed by atoms with Crippen molar-refractivity contribution < 1.29 is 17.9 Å². The van der Waals surface area contributed by atoms with E-state index in [0.717, 1.165) is 5.41 Å². The Hall–Kier alpha value is -2.11. The van der Waals surface area contributed by atoms with Gasteiger partial charge >= 0.3 is 5.97 Å². The van der Waals surface area contributed by atoms with Gasteiger partial charge in [-0.05, 0) is 29.8 Å². The van der Waals surface area contributed by atoms with E-state index in [-0.39, 0.29) is 9.93 Å². The van der Waals surface area contributed by atoms with Crippen molar-refractivity contribution in [2.75, 3.05) is 7.11 Å². The topological polar surface area (TPSA) is 60.4 Å². The molecule has 0 saturated carbocycles. The predicted octanol–water partition coefficient (Wildman–Crippen LogP) is 3.48. The van der Waals surface area contributed by atoms with Gasteiger partial charge in [0.15, 0.2) is 0 Å². The molecule has 0 unspecified atom stereocenters. The maximum atomic E-state index is 12.2. The SMILES string of the molecule is COC(=O)c1ccc(/C(Cl)=C\S(=O)(=O)c2ccccc2)cc1. The largest absolute Gasteiger partial charge is 0.465 e. The minimum absolute atomic E-state index is 0.0697. The minimum atomic E-state index is -3.62. The van der Waals surface area contributed by atoms with Crippen LogP contribution in [0.5, 0.6) is 0 Å². The van der Waals surface area contributed by atoms with Crippen LogP contribution in [0.3, 0.4) is 0 Å². The van der Waals surface area contributed by atoms with Gasteiger partial charge in [-0.25, -0.2) is 13.2 Å². The molecule has 0 radical (unpaired) electrons. The summed E-state index contributed by atoms with van der Waals surface area (Å²) in [5, 5.41) is 1.07. The van der Waals surface area contributed by atoms with Crippen LogP contribution >= 0.6 is 11.6 Å². The lowest BCUT2D eigenvalue weighted by atomic mass is 10.1. The number of ether oxygens (including phenoxy) is 1. The lowest BCUT2D eigenvalue weighted by molar-refractivity contribution is 0.0600. The van der Waals surface area contributed by atoms with Gasteiger partial charge in [-0.3, -0.25) is 0 Å². The van der Waals surface area contributed by atoms with Crippen LogP contribution < -0.4 is 0 Å². The molecule has 0 atom stereocenters. The molecule has 0 aliphatic carbocycles. The summed E-state index contributed by atoms with van der Waals surface area (Å²) in [5.74, 6) is -0.469. The molecule has 2 aromatic carbocycles. The predicted molar refractivity (Wildman–Crippen MR) is 85.2 cm³/mol. The number of hydrogen-bond acceptors (Lipinski definition) is 4. The first-order chi connectivity index (χ1) is 10.4. The maximum absolute atomic E-state index is 12.2. The van der Waals surface area contributed by atoms with E-state index < -0.39 is 15.8 Å². The Kier molecular flexibility index (Phi) is 5.00. The van der Waals surface area contributed by atoms with Gasteiger partial charge in [0.1, 0.15) is 0 Å². The van der Waals surface area contributed by atoms with Gasteiger partial charge in [0.25, 0.3) is 0 Å². The van der Waals surface area contributed by atoms with Gasteiger partial charge in [0.2, 0.25) is 9.84 Å². The molecular formula is C16H13ClO4S. The first-order valence-electron chi connectivity index (χ1n) is 6.30. The van der Waals surface area contributed by atoms with Crippen LogP contribution in [0.4, 0.5) is 0 Å². The molecule has 4 nitrogen and oxygen atoms in total. The first kappa shape index (κ1) is 16.3. The molecular weight excluding hydrogens is 324 g/mol. The van der Waals surface area contributed by atoms with Crippen molar-refractivity contribution in [2.45, 2.75) is 4.90 Å². The Morgan fingerprint density at radius 2 is 1.55 bits per heavy atom. The quantitative estimate of drug-likeness (QED) is 0.802. The van der Waals surface area contributed by atoms with Crippen LogP contribution in [0.2, 0.25) is 0 Å². The first-order valence-corrected chi connectivity index (χ1v) is 8.22. The fraction of sp³-hybridized carbons (Fsp3) is 0.0625. The average molecular weight is 337 g/mol. The summed E-state index contributed by atoms with van der Waals surface area (Å²) in [7, 11) is -2.34. The minimum Gasteiger partial charge on any atom is -0.465 e. The van der Waals surface area contributed by atoms with Crippen molar-refractivity contribution in [2.24, 2.45) is 0 Å². The van der Waals surface area contributed by atoms with Gasteiger partial charge < -0.3 is 4.74 Å². The Morgan fingerprint density at radius 1 is 1.00 bits per heavy atom. The number of carbonyl (C=O) groups excluding carboxylic acids is 1. The summed E-state index contributed by atoms with van der Waals surface area (Å²) in [5.41, 5.74) is 0.857. The molecule has 6 heteroatoms. The summed E-state index contributed by atoms with van der Waals surface area (Å²) in [6, 6.07) is 14.2. The summed E-state index contributed by atoms with van der Waals surface area (Å²) >= 11 is 6.07. The Labute approximate surface area is 133 Å². The molecule has 22 heavy (non-hydrogen) atoms. The number of carbonyl (C=O) groups is 1. The van der Waals surface area contributed by atoms with E-state index in [9.17, 15) is 13.2 Å². The molecule has 0 fully saturated rings. The smallest absolute Gasteiger partial charge is 0.337 e. The van der Waals surface area contributed by atoms with E-state index in [0.29, 0.717) is 11.1 Å². The fourth-order valence-corrected chi connectivity index (χ4v) is 3.32. The second-order valence-electron chi connectivity index (χ2n) is 4.39. The molecule has 2 rings (SSSR count). The monoisotopic (exact) mass is 336 g/mol. The second kappa shape index (κ2) is 6.77. The zero-order chi connectivity index (χ0) is 16.2. The van der Waals surface area contributed by atoms with Crippen molar-refractivity contribution >= 4 is 32.4 Å². The average Bonchev–Trinajstić information content (AvgIpc) is 2.54. The molecule has 0 amide bonds. The van der Waals surface area contributed by atoms with Crippen molar-refractivity contribution in [3.05, 3.63) is 71.1 Å². The summed E-state index contributed by atoms with van der Waals surface area (Å²) in [6.45, 7) is 0. The number of sulfone groups is 1. The highest BCUT2D eigenvalue weighted by Crippen LogP contribution is 2.23. The van der Waals surface area contributed by atoms with Gasteiger partial charge in [-0.2, -0.15) is 0 Å². The molecule has 0 aliphatic rings. The van der Waals surface area contributed by atoms with Gasteiger partial charge in [0.05, 0.1) is 28.0 Å². The van der Waals surface area contributed by atoms with E-state index in [2.05, 4.69) is 4.74 Å². The van der Waals surface area contributed by atoms with E-state index >= 15 is 0 Å². The van der Waals surface area contributed by atoms with Crippen LogP contribution in [0, 0.1) is 0 Å². The number of benzene rings is 2. The maximum Gasteiger partial charge on any atom is 0.337 e. The molecule has 0 bridgehead atoms. The summed E-state index contributed by atoms with van der Waals surface area (Å²) in [4.78, 5) is 11.5. The van der Waals surface area contributed by atoms with Crippen molar-refractivity contribution in [3.63, 3.8) is 0 Å². The van der Waals surface area contributed by atoms with Crippen LogP contribution in [0.15, 0.2) is 64.9 Å². The standard InChI is InChI=1S/C16H13ClO4S/c1-21-16(18)13-9-7-12(8-10-13)15(17)11-22(19,20)14-5-3-2-4-6-14/h2-11H,1H3/b15-11+. The van der Waals surface area contributed by atoms with E-state index in [1.807, 2.05) is 0 Å². The molecule has 0 heterocycles. The van der Waals surface area contributed by atoms with E-state index in [1.165, 1.54) is 31.4 Å². The fourth-order valence-electron chi connectivity index (χ4n) is 1.77. The molecule has 0 N–H and O–H groups in total. The molecule has 2 aromatic rings. The molecule has 114 valence electrons. The number of halogens is 1. The van der Waals surface area contributed by atoms with Crippen LogP contribution in [0.1, 0.15) is 15.9 Å². The molecule has 0 aliphatic heterocycles. The molecule has 0 spiro atoms. The molecule has 0 aromatic heterocycles. The normalized spacial score (nSPS) is 12.0. The van der Waals surface area contributed by atoms with Crippen molar-refractivity contribution in [1.82, 2.24) is 0 Å². The number of methoxy groups -OCH3 is 1. The summed E-state index contributed by atoms with van der Waals surface area (Å²) in [6.07, 6.45) is 0. The van der Waals surface area contributed by atoms with Gasteiger partial charge in [0, 0.05) is 0 Å². The number of hydrogen-bond donors (Lipinski definition) is 0. The third-order valence-electron chi connectivity index (χ3n) is 2.91. The lowest BCUT2D eigenvalue weighted by Gasteiger charge is -2.03. The second-order valence-corrected chi connectivity index (χ2v) is 6.60.